The van der Waals surface area contributed by atoms with Crippen LogP contribution in [0.1, 0.15) is 119 Å². The number of para-hydroxylation sites is 2. The number of ketones is 2. The summed E-state index contributed by atoms with van der Waals surface area (Å²) in [4.78, 5) is 196. The number of aliphatic imine (C=N–C) groups is 1. The van der Waals surface area contributed by atoms with Gasteiger partial charge in [0.05, 0.1) is 50.1 Å². The Bertz CT molecular complexity index is 5590. The summed E-state index contributed by atoms with van der Waals surface area (Å²) >= 11 is 0. The lowest BCUT2D eigenvalue weighted by Gasteiger charge is -2.29. The number of nitrogens with zero attached hydrogens (tertiary/aromatic N) is 3. The first-order valence-corrected chi connectivity index (χ1v) is 40.8. The Labute approximate surface area is 715 Å². The van der Waals surface area contributed by atoms with E-state index in [1.54, 1.807) is 84.0 Å². The van der Waals surface area contributed by atoms with Crippen molar-refractivity contribution in [2.75, 3.05) is 32.8 Å². The number of carbonyl (C=O) groups is 13. The molecule has 2 saturated heterocycles. The molecule has 9 atom stereocenters. The molecule has 656 valence electrons. The van der Waals surface area contributed by atoms with Gasteiger partial charge in [0.15, 0.2) is 17.5 Å². The number of likely N-dealkylation sites (tertiary alicyclic amines) is 1. The zero-order valence-electron chi connectivity index (χ0n) is 68.6. The smallest absolute Gasteiger partial charge is 0.339 e. The average molecular weight is 1710 g/mol. The number of Topliss-reactive ketones (excluding diaryl/α,β-unsaturated/α-hetero) is 2. The molecule has 7 aromatic carbocycles. The number of primary amides is 1. The molecule has 125 heavy (non-hydrogen) atoms. The van der Waals surface area contributed by atoms with Gasteiger partial charge in [0.1, 0.15) is 58.6 Å². The highest BCUT2D eigenvalue weighted by Crippen LogP contribution is 2.39. The number of aromatic nitrogens is 4. The molecule has 0 bridgehead atoms. The second-order valence-corrected chi connectivity index (χ2v) is 31.4. The topological polar surface area (TPSA) is 593 Å². The Morgan fingerprint density at radius 3 is 1.60 bits per heavy atom. The molecule has 9 amide bonds. The number of rotatable bonds is 40. The van der Waals surface area contributed by atoms with E-state index in [4.69, 9.17) is 17.2 Å². The summed E-state index contributed by atoms with van der Waals surface area (Å²) in [5.74, 6) is -12.6. The van der Waals surface area contributed by atoms with Crippen molar-refractivity contribution in [2.24, 2.45) is 34.0 Å². The van der Waals surface area contributed by atoms with Crippen LogP contribution in [0.15, 0.2) is 163 Å². The van der Waals surface area contributed by atoms with Gasteiger partial charge in [-0.1, -0.05) is 111 Å². The number of hydrogen-bond acceptors (Lipinski definition) is 20. The molecule has 2 fully saturated rings. The quantitative estimate of drug-likeness (QED) is 0.0149. The number of aromatic carboxylic acids is 2. The van der Waals surface area contributed by atoms with Gasteiger partial charge in [-0.3, -0.25) is 62.6 Å². The average Bonchev–Trinajstić information content (AvgIpc) is 1.64. The number of aliphatic hydroxyl groups is 1. The summed E-state index contributed by atoms with van der Waals surface area (Å²) in [6.07, 6.45) is 6.91. The van der Waals surface area contributed by atoms with Crippen LogP contribution in [0.25, 0.3) is 43.4 Å². The van der Waals surface area contributed by atoms with Crippen LogP contribution in [-0.4, -0.2) is 219 Å². The lowest BCUT2D eigenvalue weighted by molar-refractivity contribution is -0.136. The van der Waals surface area contributed by atoms with E-state index in [1.807, 2.05) is 44.2 Å². The normalized spacial score (nSPS) is 15.5. The second kappa shape index (κ2) is 42.3. The Kier molecular flexibility index (Phi) is 30.9. The van der Waals surface area contributed by atoms with Gasteiger partial charge < -0.3 is 105 Å². The molecule has 36 heteroatoms. The van der Waals surface area contributed by atoms with Crippen LogP contribution in [0.5, 0.6) is 17.2 Å². The molecule has 0 radical (unpaired) electrons. The molecule has 0 spiro atoms. The molecule has 5 heterocycles. The van der Waals surface area contributed by atoms with Crippen molar-refractivity contribution in [3.8, 4) is 17.2 Å². The van der Waals surface area contributed by atoms with E-state index in [0.717, 1.165) is 5.52 Å². The third-order valence-electron chi connectivity index (χ3n) is 22.0. The van der Waals surface area contributed by atoms with Crippen molar-refractivity contribution in [1.29, 1.82) is 0 Å². The molecule has 0 saturated carbocycles. The van der Waals surface area contributed by atoms with Gasteiger partial charge in [0.2, 0.25) is 53.2 Å². The minimum Gasteiger partial charge on any atom is -0.508 e. The number of guanidine groups is 1. The van der Waals surface area contributed by atoms with E-state index < -0.39 is 150 Å². The molecule has 2 aliphatic heterocycles. The standard InChI is InChI=1S/C66H85N17O13.C23H16O6/c1-36(2)23-49(60(91)77-47(13-7-21-71-66(68)69)56(87)33-83-22-8-14-54(83)65(96)74-32-57(67)88)79-62(93)52(27-40-30-73-46-12-6-4-10-44(40)46)81-61(92)50(24-37-15-17-42(85)18-16-37)80-64(95)53(34-84)82-63(94)51(26-39-29-72-45-11-5-3-9-43(39)45)78-59(90)38(25-41-31-70-35-75-41)28-55(86)48-19-20-58(89)76-48;24-20-16(14-7-3-1-5-12(14)9-18(20)22(26)27)11-17-15-8-4-2-6-13(15)10-19(21(17)25)23(28)29/h3-6,9-12,15-18,29-31,35-36,38,47-54,72-73,84-85H,7-8,13-14,19-28,32-34H2,1-2H3,(H2,67,88)(H,70,75)(H,74,96)(H,76,89)(H,77,91)(H,78,90)(H,79,93)(H,80,95)(H,81,92)(H,82,94)(H4,68,69,71);1-10,24-25H,11H2,(H,26,27)(H,28,29). The number of fused-ring (bicyclic) bond motifs is 4. The Morgan fingerprint density at radius 1 is 0.584 bits per heavy atom. The first-order valence-electron chi connectivity index (χ1n) is 40.8. The molecular weight excluding hydrogens is 1610 g/mol. The molecule has 23 N–H and O–H groups in total. The summed E-state index contributed by atoms with van der Waals surface area (Å²) in [5, 5.41) is 87.0. The van der Waals surface area contributed by atoms with Gasteiger partial charge in [-0.15, -0.1) is 0 Å². The highest BCUT2D eigenvalue weighted by atomic mass is 16.4. The largest absolute Gasteiger partial charge is 0.508 e. The summed E-state index contributed by atoms with van der Waals surface area (Å²) in [5.41, 5.74) is 20.0. The maximum absolute atomic E-state index is 15.1. The number of carboxylic acids is 2. The van der Waals surface area contributed by atoms with Crippen molar-refractivity contribution >= 4 is 126 Å². The number of benzene rings is 7. The molecule has 12 rings (SSSR count). The fourth-order valence-electron chi connectivity index (χ4n) is 15.7. The number of aromatic hydroxyl groups is 3. The number of aromatic amines is 3. The van der Waals surface area contributed by atoms with Crippen molar-refractivity contribution < 1.29 is 93.0 Å². The minimum atomic E-state index is -1.78. The van der Waals surface area contributed by atoms with E-state index in [-0.39, 0.29) is 118 Å². The summed E-state index contributed by atoms with van der Waals surface area (Å²) < 4.78 is 0. The number of nitrogens with one attached hydrogen (secondary N) is 11. The first kappa shape index (κ1) is 91.2. The van der Waals surface area contributed by atoms with Gasteiger partial charge in [0.25, 0.3) is 0 Å². The number of carboxylic acid groups (broad SMARTS) is 2. The van der Waals surface area contributed by atoms with Gasteiger partial charge >= 0.3 is 11.9 Å². The van der Waals surface area contributed by atoms with Gasteiger partial charge in [0, 0.05) is 109 Å². The van der Waals surface area contributed by atoms with Crippen molar-refractivity contribution in [1.82, 2.24) is 67.4 Å². The zero-order chi connectivity index (χ0) is 89.7. The number of imidazole rings is 1. The van der Waals surface area contributed by atoms with Crippen LogP contribution >= 0.6 is 0 Å². The molecular formula is C89H101N17O19. The second-order valence-electron chi connectivity index (χ2n) is 31.4. The third-order valence-corrected chi connectivity index (χ3v) is 22.0. The van der Waals surface area contributed by atoms with E-state index in [0.29, 0.717) is 90.7 Å². The van der Waals surface area contributed by atoms with Crippen molar-refractivity contribution in [3.05, 3.63) is 203 Å². The lowest BCUT2D eigenvalue weighted by atomic mass is 9.90. The van der Waals surface area contributed by atoms with Gasteiger partial charge in [-0.25, -0.2) is 14.6 Å². The van der Waals surface area contributed by atoms with Crippen LogP contribution in [0.3, 0.4) is 0 Å². The van der Waals surface area contributed by atoms with E-state index >= 15 is 9.59 Å². The van der Waals surface area contributed by atoms with E-state index in [2.05, 4.69) is 67.5 Å². The molecule has 10 aromatic rings. The van der Waals surface area contributed by atoms with Crippen molar-refractivity contribution in [2.45, 2.75) is 146 Å². The molecule has 9 unspecified atom stereocenters. The number of H-pyrrole nitrogens is 3. The number of phenolic OH excluding ortho intramolecular Hbond substituents is 1. The summed E-state index contributed by atoms with van der Waals surface area (Å²) in [6, 6.07) is 26.6. The molecule has 0 aliphatic carbocycles. The molecule has 3 aromatic heterocycles. The predicted octanol–water partition coefficient (Wildman–Crippen LogP) is 3.23. The van der Waals surface area contributed by atoms with Crippen molar-refractivity contribution in [3.63, 3.8) is 0 Å². The lowest BCUT2D eigenvalue weighted by Crippen LogP contribution is -2.61. The number of nitrogens with two attached hydrogens (primary N) is 3. The van der Waals surface area contributed by atoms with Crippen LogP contribution in [0.4, 0.5) is 0 Å². The number of hydrogen-bond donors (Lipinski definition) is 20. The van der Waals surface area contributed by atoms with Gasteiger partial charge in [-0.2, -0.15) is 0 Å². The monoisotopic (exact) mass is 1710 g/mol. The van der Waals surface area contributed by atoms with E-state index in [1.165, 1.54) is 48.9 Å². The SMILES string of the molecule is CC(C)CC(NC(=O)C(Cc1c[nH]c2ccccc12)NC(=O)C(Cc1ccc(O)cc1)NC(=O)C(CO)NC(=O)C(Cc1c[nH]c2ccccc12)NC(=O)C(CC(=O)C1CCC(=O)N1)Cc1cnc[nH]1)C(=O)NC(CCCN=C(N)N)C(=O)CN1CCCC1C(=O)NCC(N)=O.O=C(O)c1cc2ccccc2c(Cc2c(O)c(C(=O)O)cc3ccccc23)c1O. The molecule has 36 nitrogen and oxygen atoms in total. The fourth-order valence-corrected chi connectivity index (χ4v) is 15.7. The highest BCUT2D eigenvalue weighted by Gasteiger charge is 2.39. The van der Waals surface area contributed by atoms with Crippen LogP contribution in [0, 0.1) is 11.8 Å². The Morgan fingerprint density at radius 2 is 1.09 bits per heavy atom. The summed E-state index contributed by atoms with van der Waals surface area (Å²) in [6.45, 7) is 2.42. The van der Waals surface area contributed by atoms with E-state index in [9.17, 15) is 83.4 Å². The Hall–Kier alpha value is -14.6. The Balaban J connectivity index is 0.000000437. The van der Waals surface area contributed by atoms with Crippen LogP contribution in [0.2, 0.25) is 0 Å². The van der Waals surface area contributed by atoms with Crippen LogP contribution < -0.4 is 59.7 Å². The third kappa shape index (κ3) is 24.0. The number of phenols is 3. The van der Waals surface area contributed by atoms with Gasteiger partial charge in [-0.05, 0) is 126 Å². The maximum atomic E-state index is 15.1. The number of amides is 9. The fraction of sp³-hybridized carbons (Fsp3) is 0.337. The number of carbonyl (C=O) groups excluding carboxylic acids is 11. The maximum Gasteiger partial charge on any atom is 0.339 e. The first-order chi connectivity index (χ1) is 59.9. The molecule has 2 aliphatic rings. The van der Waals surface area contributed by atoms with Crippen LogP contribution in [-0.2, 0) is 84.8 Å². The highest BCUT2D eigenvalue weighted by molar-refractivity contribution is 6.04. The summed E-state index contributed by atoms with van der Waals surface area (Å²) in [7, 11) is 0. The predicted molar refractivity (Wildman–Crippen MR) is 460 cm³/mol. The number of aliphatic hydroxyl groups excluding tert-OH is 1. The minimum absolute atomic E-state index is 0.0101. The zero-order valence-corrected chi connectivity index (χ0v) is 68.6.